The fraction of sp³-hybridized carbons (Fsp3) is 0.417. The second-order valence-electron chi connectivity index (χ2n) is 4.12. The Labute approximate surface area is 119 Å². The predicted octanol–water partition coefficient (Wildman–Crippen LogP) is 2.38. The van der Waals surface area contributed by atoms with Crippen molar-refractivity contribution in [3.8, 4) is 0 Å². The van der Waals surface area contributed by atoms with Crippen molar-refractivity contribution < 1.29 is 9.90 Å². The lowest BCUT2D eigenvalue weighted by Crippen LogP contribution is -2.07. The van der Waals surface area contributed by atoms with E-state index in [1.807, 2.05) is 18.4 Å². The molecule has 102 valence electrons. The Kier molecular flexibility index (Phi) is 4.60. The molecule has 0 aliphatic heterocycles. The van der Waals surface area contributed by atoms with Crippen LogP contribution in [0.2, 0.25) is 0 Å². The molecule has 7 heteroatoms. The van der Waals surface area contributed by atoms with E-state index in [-0.39, 0.29) is 5.75 Å². The Balaban J connectivity index is 2.02. The summed E-state index contributed by atoms with van der Waals surface area (Å²) in [7, 11) is 0. The third-order valence-electron chi connectivity index (χ3n) is 2.60. The average Bonchev–Trinajstić information content (AvgIpc) is 2.91. The number of hydrogen-bond acceptors (Lipinski definition) is 5. The molecule has 2 rings (SSSR count). The van der Waals surface area contributed by atoms with Gasteiger partial charge in [0.2, 0.25) is 0 Å². The number of carboxylic acid groups (broad SMARTS) is 1. The lowest BCUT2D eigenvalue weighted by atomic mass is 10.3. The van der Waals surface area contributed by atoms with Gasteiger partial charge in [0.05, 0.1) is 16.5 Å². The summed E-state index contributed by atoms with van der Waals surface area (Å²) in [6, 6.07) is 0. The fourth-order valence-electron chi connectivity index (χ4n) is 1.70. The van der Waals surface area contributed by atoms with Gasteiger partial charge in [0.25, 0.3) is 0 Å². The SMILES string of the molecule is Cc1nc(CCn2c(C)cnc2SCC(=O)O)cs1. The number of thiazole rings is 1. The van der Waals surface area contributed by atoms with E-state index < -0.39 is 5.97 Å². The zero-order valence-electron chi connectivity index (χ0n) is 10.8. The third-order valence-corrected chi connectivity index (χ3v) is 4.40. The number of aryl methyl sites for hydroxylation is 3. The van der Waals surface area contributed by atoms with E-state index in [2.05, 4.69) is 15.3 Å². The first-order valence-electron chi connectivity index (χ1n) is 5.84. The van der Waals surface area contributed by atoms with Gasteiger partial charge in [-0.05, 0) is 13.8 Å². The molecule has 1 N–H and O–H groups in total. The maximum absolute atomic E-state index is 10.6. The molecule has 2 heterocycles. The van der Waals surface area contributed by atoms with Crippen LogP contribution in [0.15, 0.2) is 16.7 Å². The highest BCUT2D eigenvalue weighted by Gasteiger charge is 2.10. The van der Waals surface area contributed by atoms with Gasteiger partial charge in [-0.2, -0.15) is 0 Å². The van der Waals surface area contributed by atoms with E-state index in [1.54, 1.807) is 17.5 Å². The summed E-state index contributed by atoms with van der Waals surface area (Å²) in [6.45, 7) is 4.74. The number of carboxylic acids is 1. The third kappa shape index (κ3) is 3.81. The van der Waals surface area contributed by atoms with Crippen LogP contribution in [-0.4, -0.2) is 31.4 Å². The van der Waals surface area contributed by atoms with Gasteiger partial charge < -0.3 is 9.67 Å². The zero-order chi connectivity index (χ0) is 13.8. The van der Waals surface area contributed by atoms with Gasteiger partial charge in [0.15, 0.2) is 5.16 Å². The van der Waals surface area contributed by atoms with Crippen molar-refractivity contribution >= 4 is 29.1 Å². The van der Waals surface area contributed by atoms with E-state index >= 15 is 0 Å². The molecule has 0 saturated heterocycles. The van der Waals surface area contributed by atoms with E-state index in [9.17, 15) is 4.79 Å². The number of carbonyl (C=O) groups is 1. The van der Waals surface area contributed by atoms with Gasteiger partial charge in [-0.15, -0.1) is 11.3 Å². The number of nitrogens with zero attached hydrogens (tertiary/aromatic N) is 3. The summed E-state index contributed by atoms with van der Waals surface area (Å²) in [5, 5.41) is 12.6. The molecule has 19 heavy (non-hydrogen) atoms. The highest BCUT2D eigenvalue weighted by Crippen LogP contribution is 2.19. The number of thioether (sulfide) groups is 1. The van der Waals surface area contributed by atoms with Crippen molar-refractivity contribution in [2.75, 3.05) is 5.75 Å². The molecule has 0 fully saturated rings. The van der Waals surface area contributed by atoms with Gasteiger partial charge in [0, 0.05) is 30.2 Å². The topological polar surface area (TPSA) is 68.0 Å². The summed E-state index contributed by atoms with van der Waals surface area (Å²) in [5.41, 5.74) is 2.12. The van der Waals surface area contributed by atoms with Crippen LogP contribution < -0.4 is 0 Å². The molecular formula is C12H15N3O2S2. The van der Waals surface area contributed by atoms with Gasteiger partial charge >= 0.3 is 5.97 Å². The molecule has 2 aromatic rings. The molecule has 0 spiro atoms. The van der Waals surface area contributed by atoms with Crippen LogP contribution in [0, 0.1) is 13.8 Å². The minimum atomic E-state index is -0.827. The summed E-state index contributed by atoms with van der Waals surface area (Å²) in [6.07, 6.45) is 2.61. The van der Waals surface area contributed by atoms with Gasteiger partial charge in [-0.3, -0.25) is 4.79 Å². The van der Waals surface area contributed by atoms with Crippen molar-refractivity contribution in [1.82, 2.24) is 14.5 Å². The first-order valence-corrected chi connectivity index (χ1v) is 7.70. The molecule has 0 aliphatic carbocycles. The minimum Gasteiger partial charge on any atom is -0.481 e. The summed E-state index contributed by atoms with van der Waals surface area (Å²) >= 11 is 2.90. The molecule has 0 radical (unpaired) electrons. The van der Waals surface area contributed by atoms with Gasteiger partial charge in [0.1, 0.15) is 0 Å². The lowest BCUT2D eigenvalue weighted by Gasteiger charge is -2.07. The maximum atomic E-state index is 10.6. The van der Waals surface area contributed by atoms with Crippen molar-refractivity contribution in [2.24, 2.45) is 0 Å². The second kappa shape index (κ2) is 6.21. The smallest absolute Gasteiger partial charge is 0.313 e. The van der Waals surface area contributed by atoms with Crippen LogP contribution in [0.25, 0.3) is 0 Å². The van der Waals surface area contributed by atoms with E-state index in [0.717, 1.165) is 34.5 Å². The van der Waals surface area contributed by atoms with Crippen molar-refractivity contribution in [3.05, 3.63) is 28.0 Å². The number of rotatable bonds is 6. The first-order chi connectivity index (χ1) is 9.06. The van der Waals surface area contributed by atoms with Crippen molar-refractivity contribution in [1.29, 1.82) is 0 Å². The summed E-state index contributed by atoms with van der Waals surface area (Å²) < 4.78 is 2.04. The quantitative estimate of drug-likeness (QED) is 0.829. The molecule has 2 aromatic heterocycles. The molecule has 0 saturated carbocycles. The lowest BCUT2D eigenvalue weighted by molar-refractivity contribution is -0.133. The zero-order valence-corrected chi connectivity index (χ0v) is 12.4. The number of imidazole rings is 1. The highest BCUT2D eigenvalue weighted by atomic mass is 32.2. The van der Waals surface area contributed by atoms with Gasteiger partial charge in [-0.1, -0.05) is 11.8 Å². The maximum Gasteiger partial charge on any atom is 0.313 e. The number of aliphatic carboxylic acids is 1. The number of hydrogen-bond donors (Lipinski definition) is 1. The molecule has 5 nitrogen and oxygen atoms in total. The van der Waals surface area contributed by atoms with Crippen molar-refractivity contribution in [3.63, 3.8) is 0 Å². The Morgan fingerprint density at radius 2 is 2.32 bits per heavy atom. The monoisotopic (exact) mass is 297 g/mol. The second-order valence-corrected chi connectivity index (χ2v) is 6.13. The summed E-state index contributed by atoms with van der Waals surface area (Å²) in [5.74, 6) is -0.793. The Morgan fingerprint density at radius 1 is 1.53 bits per heavy atom. The van der Waals surface area contributed by atoms with Crippen LogP contribution in [0.4, 0.5) is 0 Å². The highest BCUT2D eigenvalue weighted by molar-refractivity contribution is 7.99. The molecule has 0 atom stereocenters. The van der Waals surface area contributed by atoms with E-state index in [4.69, 9.17) is 5.11 Å². The molecule has 0 bridgehead atoms. The molecule has 0 aromatic carbocycles. The standard InChI is InChI=1S/C12H15N3O2S2/c1-8-5-13-12(19-7-11(16)17)15(8)4-3-10-6-18-9(2)14-10/h5-6H,3-4,7H2,1-2H3,(H,16,17). The molecule has 0 aliphatic rings. The average molecular weight is 297 g/mol. The van der Waals surface area contributed by atoms with E-state index in [0.29, 0.717) is 0 Å². The molecule has 0 unspecified atom stereocenters. The van der Waals surface area contributed by atoms with Crippen LogP contribution in [0.3, 0.4) is 0 Å². The van der Waals surface area contributed by atoms with Gasteiger partial charge in [-0.25, -0.2) is 9.97 Å². The number of aromatic nitrogens is 3. The summed E-state index contributed by atoms with van der Waals surface area (Å²) in [4.78, 5) is 19.3. The Bertz CT molecular complexity index is 577. The Morgan fingerprint density at radius 3 is 2.95 bits per heavy atom. The van der Waals surface area contributed by atoms with E-state index in [1.165, 1.54) is 11.8 Å². The molecular weight excluding hydrogens is 282 g/mol. The molecule has 0 amide bonds. The van der Waals surface area contributed by atoms with Crippen LogP contribution in [0.1, 0.15) is 16.4 Å². The normalized spacial score (nSPS) is 10.8. The van der Waals surface area contributed by atoms with Crippen LogP contribution in [0.5, 0.6) is 0 Å². The van der Waals surface area contributed by atoms with Crippen molar-refractivity contribution in [2.45, 2.75) is 32.0 Å². The predicted molar refractivity (Wildman–Crippen MR) is 75.9 cm³/mol. The van der Waals surface area contributed by atoms with Crippen LogP contribution >= 0.6 is 23.1 Å². The minimum absolute atomic E-state index is 0.0340. The fourth-order valence-corrected chi connectivity index (χ4v) is 3.12. The largest absolute Gasteiger partial charge is 0.481 e. The van der Waals surface area contributed by atoms with Crippen LogP contribution in [-0.2, 0) is 17.8 Å². The first kappa shape index (κ1) is 14.1. The Hall–Kier alpha value is -1.34.